The molecule has 144 valence electrons. The smallest absolute Gasteiger partial charge is 0.393 e. The molecule has 0 bridgehead atoms. The largest absolute Gasteiger partial charge is 0.397 e. The number of fused-ring (bicyclic) bond motifs is 5. The molecular formula is C19H32O5S. The summed E-state index contributed by atoms with van der Waals surface area (Å²) in [5.74, 6) is 2.43. The molecule has 4 aliphatic rings. The second kappa shape index (κ2) is 5.91. The van der Waals surface area contributed by atoms with Gasteiger partial charge in [0.15, 0.2) is 0 Å². The lowest BCUT2D eigenvalue weighted by Gasteiger charge is -2.60. The molecule has 0 saturated heterocycles. The highest BCUT2D eigenvalue weighted by molar-refractivity contribution is 7.80. The summed E-state index contributed by atoms with van der Waals surface area (Å²) in [5.41, 5.74) is 0.180. The molecule has 4 fully saturated rings. The van der Waals surface area contributed by atoms with Crippen molar-refractivity contribution in [3.05, 3.63) is 0 Å². The zero-order valence-corrected chi connectivity index (χ0v) is 16.2. The van der Waals surface area contributed by atoms with Crippen molar-refractivity contribution in [2.24, 2.45) is 34.5 Å². The van der Waals surface area contributed by atoms with Crippen molar-refractivity contribution in [3.63, 3.8) is 0 Å². The van der Waals surface area contributed by atoms with E-state index in [2.05, 4.69) is 13.8 Å². The second-order valence-corrected chi connectivity index (χ2v) is 10.8. The van der Waals surface area contributed by atoms with E-state index in [1.165, 1.54) is 12.8 Å². The van der Waals surface area contributed by atoms with E-state index in [0.29, 0.717) is 29.1 Å². The summed E-state index contributed by atoms with van der Waals surface area (Å²) < 4.78 is 36.8. The Morgan fingerprint density at radius 2 is 1.60 bits per heavy atom. The molecular weight excluding hydrogens is 340 g/mol. The molecule has 0 aromatic rings. The molecule has 0 unspecified atom stereocenters. The van der Waals surface area contributed by atoms with Crippen LogP contribution in [0.4, 0.5) is 0 Å². The Morgan fingerprint density at radius 3 is 2.32 bits per heavy atom. The first kappa shape index (κ1) is 18.2. The number of aliphatic hydroxyl groups excluding tert-OH is 1. The van der Waals surface area contributed by atoms with Gasteiger partial charge in [-0.2, -0.15) is 8.42 Å². The maximum atomic E-state index is 11.3. The van der Waals surface area contributed by atoms with Crippen LogP contribution in [0.15, 0.2) is 0 Å². The normalized spacial score (nSPS) is 53.0. The van der Waals surface area contributed by atoms with Crippen LogP contribution in [0.5, 0.6) is 0 Å². The van der Waals surface area contributed by atoms with E-state index in [1.807, 2.05) is 0 Å². The lowest BCUT2D eigenvalue weighted by atomic mass is 9.45. The molecule has 2 N–H and O–H groups in total. The molecule has 0 spiro atoms. The minimum Gasteiger partial charge on any atom is -0.393 e. The van der Waals surface area contributed by atoms with Gasteiger partial charge in [0.2, 0.25) is 0 Å². The van der Waals surface area contributed by atoms with Crippen molar-refractivity contribution in [2.75, 3.05) is 0 Å². The molecule has 0 radical (unpaired) electrons. The van der Waals surface area contributed by atoms with Gasteiger partial charge in [0.25, 0.3) is 0 Å². The van der Waals surface area contributed by atoms with Crippen molar-refractivity contribution in [1.82, 2.24) is 0 Å². The summed E-state index contributed by atoms with van der Waals surface area (Å²) in [6, 6.07) is 0. The summed E-state index contributed by atoms with van der Waals surface area (Å²) in [5, 5.41) is 10.1. The Bertz CT molecular complexity index is 634. The van der Waals surface area contributed by atoms with E-state index in [9.17, 15) is 13.5 Å². The Kier molecular flexibility index (Phi) is 4.31. The summed E-state index contributed by atoms with van der Waals surface area (Å²) in [6.45, 7) is 4.62. The Morgan fingerprint density at radius 1 is 0.920 bits per heavy atom. The van der Waals surface area contributed by atoms with Crippen LogP contribution in [0.2, 0.25) is 0 Å². The maximum absolute atomic E-state index is 11.3. The minimum atomic E-state index is -4.39. The number of rotatable bonds is 2. The summed E-state index contributed by atoms with van der Waals surface area (Å²) >= 11 is 0. The van der Waals surface area contributed by atoms with Gasteiger partial charge >= 0.3 is 10.4 Å². The van der Waals surface area contributed by atoms with E-state index in [4.69, 9.17) is 8.74 Å². The molecule has 0 aliphatic heterocycles. The van der Waals surface area contributed by atoms with Gasteiger partial charge in [-0.05, 0) is 92.3 Å². The Labute approximate surface area is 151 Å². The zero-order valence-electron chi connectivity index (χ0n) is 15.4. The van der Waals surface area contributed by atoms with E-state index >= 15 is 0 Å². The highest BCUT2D eigenvalue weighted by atomic mass is 32.3. The Balaban J connectivity index is 1.58. The molecule has 0 aromatic heterocycles. The average Bonchev–Trinajstić information content (AvgIpc) is 2.83. The van der Waals surface area contributed by atoms with Gasteiger partial charge in [0.05, 0.1) is 12.2 Å². The standard InChI is InChI=1S/C19H32O5S/c1-18-9-7-13(20)11-12(18)3-4-14-15-5-6-17(24-25(21,22)23)19(15,2)10-8-16(14)18/h12-17,20H,3-11H2,1-2H3,(H,21,22,23)/t12-,13+,14+,15-,16+,17-,18+,19+/m1/s1. The van der Waals surface area contributed by atoms with Crippen LogP contribution >= 0.6 is 0 Å². The topological polar surface area (TPSA) is 83.8 Å². The third kappa shape index (κ3) is 2.88. The first-order chi connectivity index (χ1) is 11.6. The van der Waals surface area contributed by atoms with E-state index in [1.54, 1.807) is 0 Å². The second-order valence-electron chi connectivity index (χ2n) is 9.72. The van der Waals surface area contributed by atoms with Crippen LogP contribution in [0.3, 0.4) is 0 Å². The number of aliphatic hydroxyl groups is 1. The fraction of sp³-hybridized carbons (Fsp3) is 1.00. The number of hydrogen-bond donors (Lipinski definition) is 2. The molecule has 8 atom stereocenters. The van der Waals surface area contributed by atoms with Gasteiger partial charge in [-0.3, -0.25) is 4.55 Å². The Hall–Kier alpha value is -0.170. The van der Waals surface area contributed by atoms with Crippen molar-refractivity contribution < 1.29 is 22.3 Å². The lowest BCUT2D eigenvalue weighted by molar-refractivity contribution is -0.131. The fourth-order valence-electron chi connectivity index (χ4n) is 7.49. The van der Waals surface area contributed by atoms with Gasteiger partial charge in [-0.25, -0.2) is 4.18 Å². The van der Waals surface area contributed by atoms with Crippen LogP contribution in [-0.4, -0.2) is 30.3 Å². The highest BCUT2D eigenvalue weighted by Gasteiger charge is 2.61. The van der Waals surface area contributed by atoms with Gasteiger partial charge < -0.3 is 5.11 Å². The molecule has 0 aromatic carbocycles. The molecule has 6 heteroatoms. The van der Waals surface area contributed by atoms with E-state index < -0.39 is 10.4 Å². The molecule has 0 heterocycles. The van der Waals surface area contributed by atoms with Crippen LogP contribution in [0, 0.1) is 34.5 Å². The monoisotopic (exact) mass is 372 g/mol. The first-order valence-corrected chi connectivity index (χ1v) is 11.3. The van der Waals surface area contributed by atoms with Gasteiger partial charge in [-0.1, -0.05) is 13.8 Å². The van der Waals surface area contributed by atoms with Crippen molar-refractivity contribution in [2.45, 2.75) is 83.8 Å². The van der Waals surface area contributed by atoms with Crippen molar-refractivity contribution >= 4 is 10.4 Å². The number of hydrogen-bond acceptors (Lipinski definition) is 4. The highest BCUT2D eigenvalue weighted by Crippen LogP contribution is 2.66. The van der Waals surface area contributed by atoms with E-state index in [-0.39, 0.29) is 17.6 Å². The molecule has 4 saturated carbocycles. The van der Waals surface area contributed by atoms with Crippen LogP contribution < -0.4 is 0 Å². The van der Waals surface area contributed by atoms with Crippen LogP contribution in [0.25, 0.3) is 0 Å². The first-order valence-electron chi connectivity index (χ1n) is 9.97. The average molecular weight is 373 g/mol. The zero-order chi connectivity index (χ0) is 18.0. The van der Waals surface area contributed by atoms with Gasteiger partial charge in [-0.15, -0.1) is 0 Å². The van der Waals surface area contributed by atoms with Gasteiger partial charge in [0.1, 0.15) is 0 Å². The lowest BCUT2D eigenvalue weighted by Crippen LogP contribution is -2.54. The minimum absolute atomic E-state index is 0.123. The van der Waals surface area contributed by atoms with Crippen molar-refractivity contribution in [1.29, 1.82) is 0 Å². The predicted molar refractivity (Wildman–Crippen MR) is 94.2 cm³/mol. The van der Waals surface area contributed by atoms with Crippen LogP contribution in [-0.2, 0) is 14.6 Å². The SMILES string of the molecule is C[C@]12CC[C@H]3[C@@H](CC[C@@H]4C[C@@H](O)CC[C@@]43C)[C@H]1CC[C@H]2OS(=O)(=O)O. The molecule has 0 amide bonds. The quantitative estimate of drug-likeness (QED) is 0.724. The molecule has 4 rings (SSSR count). The van der Waals surface area contributed by atoms with Gasteiger partial charge in [0, 0.05) is 0 Å². The molecule has 5 nitrogen and oxygen atoms in total. The van der Waals surface area contributed by atoms with Crippen molar-refractivity contribution in [3.8, 4) is 0 Å². The predicted octanol–water partition coefficient (Wildman–Crippen LogP) is 3.58. The van der Waals surface area contributed by atoms with Crippen LogP contribution in [0.1, 0.15) is 71.6 Å². The summed E-state index contributed by atoms with van der Waals surface area (Å²) in [7, 11) is -4.39. The summed E-state index contributed by atoms with van der Waals surface area (Å²) in [6.07, 6.45) is 8.69. The maximum Gasteiger partial charge on any atom is 0.397 e. The third-order valence-electron chi connectivity index (χ3n) is 8.79. The van der Waals surface area contributed by atoms with E-state index in [0.717, 1.165) is 44.9 Å². The fourth-order valence-corrected chi connectivity index (χ4v) is 8.10. The summed E-state index contributed by atoms with van der Waals surface area (Å²) in [4.78, 5) is 0. The molecule has 4 aliphatic carbocycles. The third-order valence-corrected chi connectivity index (χ3v) is 9.26. The molecule has 25 heavy (non-hydrogen) atoms.